The van der Waals surface area contributed by atoms with Gasteiger partial charge in [-0.15, -0.1) is 0 Å². The van der Waals surface area contributed by atoms with Crippen LogP contribution in [0.15, 0.2) is 231 Å². The molecule has 0 amide bonds. The number of pyridine rings is 2. The molecule has 0 saturated carbocycles. The van der Waals surface area contributed by atoms with E-state index in [1.165, 1.54) is 258 Å². The summed E-state index contributed by atoms with van der Waals surface area (Å²) in [5.41, 5.74) is 29.7. The Labute approximate surface area is 630 Å². The molecule has 0 unspecified atom stereocenters. The first-order chi connectivity index (χ1) is 51.1. The highest BCUT2D eigenvalue weighted by atomic mass is 14.6. The molecule has 2 heterocycles. The summed E-state index contributed by atoms with van der Waals surface area (Å²) >= 11 is 0. The van der Waals surface area contributed by atoms with E-state index in [2.05, 4.69) is 341 Å². The highest BCUT2D eigenvalue weighted by Gasteiger charge is 2.20. The quantitative estimate of drug-likeness (QED) is 0.142. The Morgan fingerprint density at radius 1 is 0.189 bits per heavy atom. The van der Waals surface area contributed by atoms with Gasteiger partial charge in [0.25, 0.3) is 0 Å². The van der Waals surface area contributed by atoms with E-state index in [9.17, 15) is 0 Å². The lowest BCUT2D eigenvalue weighted by molar-refractivity contribution is 0.765. The van der Waals surface area contributed by atoms with Gasteiger partial charge in [-0.2, -0.15) is 0 Å². The first-order valence-corrected chi connectivity index (χ1v) is 38.5. The van der Waals surface area contributed by atoms with Gasteiger partial charge in [0.2, 0.25) is 0 Å². The minimum atomic E-state index is 1.18. The molecule has 2 nitrogen and oxygen atoms in total. The summed E-state index contributed by atoms with van der Waals surface area (Å²) in [7, 11) is 0. The minimum Gasteiger partial charge on any atom is -0.265 e. The maximum Gasteiger partial charge on any atom is 0.0273 e. The molecule has 17 aromatic rings. The Balaban J connectivity index is 0.000000119. The second kappa shape index (κ2) is 31.5. The molecule has 0 spiro atoms. The maximum absolute atomic E-state index is 4.23. The number of rotatable bonds is 8. The fourth-order valence-electron chi connectivity index (χ4n) is 16.5. The third-order valence-corrected chi connectivity index (χ3v) is 22.6. The van der Waals surface area contributed by atoms with Crippen LogP contribution in [0.1, 0.15) is 140 Å². The molecule has 0 aliphatic carbocycles. The van der Waals surface area contributed by atoms with Gasteiger partial charge < -0.3 is 0 Å². The Hall–Kier alpha value is -10.8. The van der Waals surface area contributed by atoms with Gasteiger partial charge in [-0.25, -0.2) is 0 Å². The van der Waals surface area contributed by atoms with E-state index >= 15 is 0 Å². The van der Waals surface area contributed by atoms with Crippen molar-refractivity contribution < 1.29 is 0 Å². The summed E-state index contributed by atoms with van der Waals surface area (Å²) in [6.45, 7) is 39.7. The molecular formula is C104H104N2. The average molecular weight is 1380 g/mol. The van der Waals surface area contributed by atoms with Crippen molar-refractivity contribution >= 4 is 108 Å². The molecule has 0 aliphatic heterocycles. The number of benzene rings is 15. The molecular weight excluding hydrogens is 1280 g/mol. The molecule has 17 rings (SSSR count). The van der Waals surface area contributed by atoms with Crippen LogP contribution in [0.5, 0.6) is 0 Å². The number of hydrogen-bond acceptors (Lipinski definition) is 2. The van der Waals surface area contributed by atoms with E-state index in [0.717, 1.165) is 0 Å². The van der Waals surface area contributed by atoms with Gasteiger partial charge in [0.15, 0.2) is 0 Å². The lowest BCUT2D eigenvalue weighted by Gasteiger charge is -2.19. The summed E-state index contributed by atoms with van der Waals surface area (Å²) in [5.74, 6) is 0. The highest BCUT2D eigenvalue weighted by Crippen LogP contribution is 2.46. The van der Waals surface area contributed by atoms with Crippen molar-refractivity contribution in [2.24, 2.45) is 0 Å². The van der Waals surface area contributed by atoms with Crippen LogP contribution < -0.4 is 0 Å². The van der Waals surface area contributed by atoms with Crippen LogP contribution in [-0.4, -0.2) is 9.97 Å². The van der Waals surface area contributed by atoms with E-state index < -0.39 is 0 Å². The summed E-state index contributed by atoms with van der Waals surface area (Å²) in [6, 6.07) is 76.6. The number of aryl methyl sites for hydroxylation is 18. The third kappa shape index (κ3) is 14.8. The van der Waals surface area contributed by atoms with Crippen molar-refractivity contribution in [2.75, 3.05) is 0 Å². The number of unbranched alkanes of at least 4 members (excludes halogenated alkanes) is 2. The Kier molecular flexibility index (Phi) is 21.8. The molecule has 15 aromatic carbocycles. The fraction of sp³-hybridized carbons (Fsp3) is 0.231. The Bertz CT molecular complexity index is 5510. The van der Waals surface area contributed by atoms with Gasteiger partial charge in [-0.1, -0.05) is 264 Å². The molecule has 0 fully saturated rings. The smallest absolute Gasteiger partial charge is 0.0273 e. The topological polar surface area (TPSA) is 25.8 Å². The number of nitrogens with zero attached hydrogens (tertiary/aromatic N) is 2. The number of aromatic nitrogens is 2. The zero-order valence-corrected chi connectivity index (χ0v) is 66.1. The predicted molar refractivity (Wildman–Crippen MR) is 467 cm³/mol. The molecule has 0 saturated heterocycles. The Morgan fingerprint density at radius 2 is 0.358 bits per heavy atom. The van der Waals surface area contributed by atoms with Gasteiger partial charge in [-0.05, 0) is 335 Å². The molecule has 0 atom stereocenters. The van der Waals surface area contributed by atoms with Gasteiger partial charge in [0.05, 0.1) is 0 Å². The lowest BCUT2D eigenvalue weighted by Crippen LogP contribution is -2.00. The van der Waals surface area contributed by atoms with Crippen molar-refractivity contribution in [1.82, 2.24) is 9.97 Å². The van der Waals surface area contributed by atoms with Crippen LogP contribution in [0.25, 0.3) is 130 Å². The molecule has 0 bridgehead atoms. The van der Waals surface area contributed by atoms with Crippen LogP contribution in [0, 0.1) is 111 Å². The van der Waals surface area contributed by atoms with E-state index in [1.54, 1.807) is 11.1 Å². The largest absolute Gasteiger partial charge is 0.265 e. The minimum absolute atomic E-state index is 1.18. The molecule has 2 heteroatoms. The van der Waals surface area contributed by atoms with Crippen molar-refractivity contribution in [2.45, 2.75) is 163 Å². The summed E-state index contributed by atoms with van der Waals surface area (Å²) in [6.07, 6.45) is 14.9. The summed E-state index contributed by atoms with van der Waals surface area (Å²) in [4.78, 5) is 8.46. The summed E-state index contributed by atoms with van der Waals surface area (Å²) < 4.78 is 0. The lowest BCUT2D eigenvalue weighted by atomic mass is 9.84. The average Bonchev–Trinajstić information content (AvgIpc) is 0.745. The highest BCUT2D eigenvalue weighted by molar-refractivity contribution is 6.22. The van der Waals surface area contributed by atoms with Crippen LogP contribution in [0.4, 0.5) is 0 Å². The van der Waals surface area contributed by atoms with E-state index in [1.807, 2.05) is 24.8 Å². The van der Waals surface area contributed by atoms with Crippen LogP contribution >= 0.6 is 0 Å². The zero-order chi connectivity index (χ0) is 74.8. The first kappa shape index (κ1) is 73.5. The monoisotopic (exact) mass is 1380 g/mol. The summed E-state index contributed by atoms with van der Waals surface area (Å²) in [5, 5.41) is 27.6. The van der Waals surface area contributed by atoms with Gasteiger partial charge >= 0.3 is 0 Å². The fourth-order valence-corrected chi connectivity index (χ4v) is 16.5. The van der Waals surface area contributed by atoms with Crippen LogP contribution in [0.3, 0.4) is 0 Å². The van der Waals surface area contributed by atoms with E-state index in [0.29, 0.717) is 0 Å². The zero-order valence-electron chi connectivity index (χ0n) is 66.1. The molecule has 0 aliphatic rings. The van der Waals surface area contributed by atoms with Crippen molar-refractivity contribution in [3.8, 4) is 22.3 Å². The Morgan fingerprint density at radius 3 is 0.557 bits per heavy atom. The normalized spacial score (nSPS) is 11.3. The van der Waals surface area contributed by atoms with Crippen LogP contribution in [-0.2, 0) is 12.8 Å². The molecule has 0 N–H and O–H groups in total. The van der Waals surface area contributed by atoms with Gasteiger partial charge in [0, 0.05) is 24.8 Å². The first-order valence-electron chi connectivity index (χ1n) is 38.5. The van der Waals surface area contributed by atoms with E-state index in [4.69, 9.17) is 0 Å². The van der Waals surface area contributed by atoms with Crippen molar-refractivity contribution in [3.63, 3.8) is 0 Å². The molecule has 0 radical (unpaired) electrons. The van der Waals surface area contributed by atoms with Crippen LogP contribution in [0.2, 0.25) is 0 Å². The third-order valence-electron chi connectivity index (χ3n) is 22.6. The molecule has 2 aromatic heterocycles. The SMILES string of the molecule is CCCCc1c(CCCC)c2ccc(C)cc2c2cc(C)ccc12.Cc1ccc2c(-c3ccncc3)c(-c3ccncc3)c3ccc(C)cc3c2c1.Cc1ccc2c(C)c(C)c3ccc(C)cc3c2c1.Cc1ccc2c(C)c(C)c3ccc(C)cc3c2c1.Cc1ccc2c(C)c(C)c3ccc(C)cc3c2c1. The van der Waals surface area contributed by atoms with Crippen molar-refractivity contribution in [1.29, 1.82) is 0 Å². The maximum atomic E-state index is 4.23. The molecule has 106 heavy (non-hydrogen) atoms. The standard InChI is InChI=1S/C26H20N2.C24H30.3C18H18/c1-17-3-5-21-23(15-17)24-16-18(2)4-6-22(24)26(20-9-13-28-14-10-20)25(21)19-7-11-27-12-8-19;1-5-7-9-19-20(10-8-6-2)22-14-12-18(4)16-24(22)23-15-17(3)11-13-21(19)23;3*1-11-5-7-15-13(3)14(4)16-8-6-12(2)10-18(16)17(15)9-11/h3-16H,1-2H3;11-16H,5-10H2,1-4H3;3*5-10H,1-4H3. The number of hydrogen-bond donors (Lipinski definition) is 0. The molecule has 530 valence electrons. The second-order valence-corrected chi connectivity index (χ2v) is 30.6. The number of fused-ring (bicyclic) bond motifs is 15. The van der Waals surface area contributed by atoms with Gasteiger partial charge in [0.1, 0.15) is 0 Å². The van der Waals surface area contributed by atoms with Gasteiger partial charge in [-0.3, -0.25) is 9.97 Å². The second-order valence-electron chi connectivity index (χ2n) is 30.6. The van der Waals surface area contributed by atoms with Crippen molar-refractivity contribution in [3.05, 3.63) is 331 Å². The van der Waals surface area contributed by atoms with E-state index in [-0.39, 0.29) is 0 Å². The predicted octanol–water partition coefficient (Wildman–Crippen LogP) is 29.7.